The van der Waals surface area contributed by atoms with Gasteiger partial charge in [0.05, 0.1) is 0 Å². The van der Waals surface area contributed by atoms with E-state index in [1.165, 1.54) is 58.4 Å². The Labute approximate surface area is 164 Å². The van der Waals surface area contributed by atoms with Crippen LogP contribution in [0.5, 0.6) is 0 Å². The Morgan fingerprint density at radius 3 is 1.92 bits per heavy atom. The molecule has 0 aromatic carbocycles. The van der Waals surface area contributed by atoms with E-state index in [1.54, 1.807) is 0 Å². The van der Waals surface area contributed by atoms with Crippen LogP contribution in [0.25, 0.3) is 0 Å². The number of nitrogens with zero attached hydrogens (tertiary/aromatic N) is 3. The van der Waals surface area contributed by atoms with Crippen molar-refractivity contribution in [2.24, 2.45) is 11.8 Å². The molecule has 2 fully saturated rings. The Morgan fingerprint density at radius 1 is 0.846 bits per heavy atom. The number of pyridine rings is 1. The lowest BCUT2D eigenvalue weighted by Crippen LogP contribution is -2.41. The van der Waals surface area contributed by atoms with E-state index in [4.69, 9.17) is 0 Å². The largest absolute Gasteiger partial charge is 0.357 e. The maximum Gasteiger partial charge on any atom is 0.128 e. The molecule has 0 bridgehead atoms. The SMILES string of the molecule is CC.CC.CC.CC1CCN(CC2CCN(c3ccccn3)CC2)CC1. The van der Waals surface area contributed by atoms with Gasteiger partial charge in [0.1, 0.15) is 5.82 Å². The fourth-order valence-electron chi connectivity index (χ4n) is 3.50. The quantitative estimate of drug-likeness (QED) is 0.646. The predicted octanol–water partition coefficient (Wildman–Crippen LogP) is 6.11. The molecule has 0 atom stereocenters. The minimum absolute atomic E-state index is 0.892. The normalized spacial score (nSPS) is 18.5. The lowest BCUT2D eigenvalue weighted by molar-refractivity contribution is 0.156. The summed E-state index contributed by atoms with van der Waals surface area (Å²) in [5, 5.41) is 0. The Bertz CT molecular complexity index is 391. The second-order valence-corrected chi connectivity index (χ2v) is 6.60. The van der Waals surface area contributed by atoms with E-state index in [-0.39, 0.29) is 0 Å². The number of rotatable bonds is 3. The van der Waals surface area contributed by atoms with E-state index in [9.17, 15) is 0 Å². The second kappa shape index (κ2) is 16.1. The van der Waals surface area contributed by atoms with Crippen molar-refractivity contribution >= 4 is 5.82 Å². The fraction of sp³-hybridized carbons (Fsp3) is 0.783. The summed E-state index contributed by atoms with van der Waals surface area (Å²) in [5.74, 6) is 2.98. The zero-order valence-corrected chi connectivity index (χ0v) is 18.7. The summed E-state index contributed by atoms with van der Waals surface area (Å²) in [7, 11) is 0. The van der Waals surface area contributed by atoms with Crippen LogP contribution in [-0.2, 0) is 0 Å². The number of hydrogen-bond acceptors (Lipinski definition) is 3. The lowest BCUT2D eigenvalue weighted by Gasteiger charge is -2.37. The van der Waals surface area contributed by atoms with Gasteiger partial charge in [0, 0.05) is 25.8 Å². The van der Waals surface area contributed by atoms with Gasteiger partial charge < -0.3 is 9.80 Å². The smallest absolute Gasteiger partial charge is 0.128 e. The van der Waals surface area contributed by atoms with E-state index in [0.29, 0.717) is 0 Å². The van der Waals surface area contributed by atoms with Crippen LogP contribution in [0.2, 0.25) is 0 Å². The number of anilines is 1. The van der Waals surface area contributed by atoms with Gasteiger partial charge in [-0.25, -0.2) is 4.98 Å². The van der Waals surface area contributed by atoms with Crippen molar-refractivity contribution in [3.05, 3.63) is 24.4 Å². The van der Waals surface area contributed by atoms with Crippen LogP contribution in [-0.4, -0.2) is 42.6 Å². The van der Waals surface area contributed by atoms with Crippen LogP contribution >= 0.6 is 0 Å². The van der Waals surface area contributed by atoms with E-state index in [1.807, 2.05) is 53.8 Å². The highest BCUT2D eigenvalue weighted by molar-refractivity contribution is 5.37. The summed E-state index contributed by atoms with van der Waals surface area (Å²) in [5.41, 5.74) is 0. The zero-order valence-electron chi connectivity index (χ0n) is 18.7. The number of likely N-dealkylation sites (tertiary alicyclic amines) is 1. The van der Waals surface area contributed by atoms with Crippen molar-refractivity contribution in [2.45, 2.75) is 74.1 Å². The summed E-state index contributed by atoms with van der Waals surface area (Å²) in [6.07, 6.45) is 7.33. The first-order valence-corrected chi connectivity index (χ1v) is 11.2. The lowest BCUT2D eigenvalue weighted by atomic mass is 9.93. The molecule has 152 valence electrons. The highest BCUT2D eigenvalue weighted by Crippen LogP contribution is 2.24. The maximum absolute atomic E-state index is 4.47. The average molecular weight is 364 g/mol. The van der Waals surface area contributed by atoms with Crippen LogP contribution in [0, 0.1) is 11.8 Å². The second-order valence-electron chi connectivity index (χ2n) is 6.60. The molecule has 2 saturated heterocycles. The first-order chi connectivity index (χ1) is 12.8. The van der Waals surface area contributed by atoms with E-state index in [0.717, 1.165) is 17.7 Å². The van der Waals surface area contributed by atoms with Gasteiger partial charge in [0.15, 0.2) is 0 Å². The summed E-state index contributed by atoms with van der Waals surface area (Å²) in [4.78, 5) is 9.60. The van der Waals surface area contributed by atoms with Crippen LogP contribution in [0.4, 0.5) is 5.82 Å². The van der Waals surface area contributed by atoms with Crippen molar-refractivity contribution in [1.29, 1.82) is 0 Å². The van der Waals surface area contributed by atoms with Gasteiger partial charge in [-0.15, -0.1) is 0 Å². The highest BCUT2D eigenvalue weighted by Gasteiger charge is 2.23. The minimum Gasteiger partial charge on any atom is -0.357 e. The fourth-order valence-corrected chi connectivity index (χ4v) is 3.50. The van der Waals surface area contributed by atoms with Gasteiger partial charge in [-0.2, -0.15) is 0 Å². The molecule has 3 rings (SSSR count). The molecule has 1 aromatic heterocycles. The molecular weight excluding hydrogens is 318 g/mol. The zero-order chi connectivity index (χ0) is 19.8. The van der Waals surface area contributed by atoms with Crippen molar-refractivity contribution in [3.8, 4) is 0 Å². The third kappa shape index (κ3) is 9.02. The topological polar surface area (TPSA) is 19.4 Å². The standard InChI is InChI=1S/C17H27N3.3C2H6/c1-15-5-10-19(11-6-15)14-16-7-12-20(13-8-16)17-4-2-3-9-18-17;3*1-2/h2-4,9,15-16H,5-8,10-14H2,1H3;3*1-2H3. The number of piperidine rings is 2. The Balaban J connectivity index is 0.000000948. The maximum atomic E-state index is 4.47. The molecule has 26 heavy (non-hydrogen) atoms. The van der Waals surface area contributed by atoms with Gasteiger partial charge in [-0.05, 0) is 62.7 Å². The third-order valence-electron chi connectivity index (χ3n) is 4.98. The number of hydrogen-bond donors (Lipinski definition) is 0. The summed E-state index contributed by atoms with van der Waals surface area (Å²) in [6, 6.07) is 6.21. The van der Waals surface area contributed by atoms with Crippen molar-refractivity contribution in [2.75, 3.05) is 37.6 Å². The monoisotopic (exact) mass is 363 g/mol. The molecule has 3 nitrogen and oxygen atoms in total. The van der Waals surface area contributed by atoms with Gasteiger partial charge in [-0.1, -0.05) is 54.5 Å². The molecule has 0 spiro atoms. The average Bonchev–Trinajstić information content (AvgIpc) is 2.75. The molecule has 0 amide bonds. The molecule has 2 aliphatic rings. The van der Waals surface area contributed by atoms with E-state index in [2.05, 4.69) is 33.8 Å². The van der Waals surface area contributed by atoms with E-state index < -0.39 is 0 Å². The van der Waals surface area contributed by atoms with Crippen LogP contribution in [0.3, 0.4) is 0 Å². The molecule has 0 saturated carbocycles. The predicted molar refractivity (Wildman–Crippen MR) is 118 cm³/mol. The first kappa shape index (κ1) is 24.9. The molecular formula is C23H45N3. The summed E-state index contributed by atoms with van der Waals surface area (Å²) in [6.45, 7) is 20.7. The minimum atomic E-state index is 0.892. The Morgan fingerprint density at radius 2 is 1.42 bits per heavy atom. The highest BCUT2D eigenvalue weighted by atomic mass is 15.2. The summed E-state index contributed by atoms with van der Waals surface area (Å²) >= 11 is 0. The molecule has 1 aromatic rings. The third-order valence-corrected chi connectivity index (χ3v) is 4.98. The molecule has 3 heterocycles. The molecule has 0 N–H and O–H groups in total. The molecule has 2 aliphatic heterocycles. The van der Waals surface area contributed by atoms with Gasteiger partial charge >= 0.3 is 0 Å². The Kier molecular flexibility index (Phi) is 15.4. The van der Waals surface area contributed by atoms with Gasteiger partial charge in [0.2, 0.25) is 0 Å². The van der Waals surface area contributed by atoms with Crippen LogP contribution < -0.4 is 4.90 Å². The summed E-state index contributed by atoms with van der Waals surface area (Å²) < 4.78 is 0. The first-order valence-electron chi connectivity index (χ1n) is 11.2. The molecule has 3 heteroatoms. The molecule has 0 radical (unpaired) electrons. The van der Waals surface area contributed by atoms with Crippen molar-refractivity contribution < 1.29 is 0 Å². The van der Waals surface area contributed by atoms with Crippen LogP contribution in [0.15, 0.2) is 24.4 Å². The molecule has 0 aliphatic carbocycles. The van der Waals surface area contributed by atoms with Gasteiger partial charge in [-0.3, -0.25) is 0 Å². The van der Waals surface area contributed by atoms with Gasteiger partial charge in [0.25, 0.3) is 0 Å². The van der Waals surface area contributed by atoms with Crippen molar-refractivity contribution in [1.82, 2.24) is 9.88 Å². The van der Waals surface area contributed by atoms with Crippen molar-refractivity contribution in [3.63, 3.8) is 0 Å². The Hall–Kier alpha value is -1.09. The molecule has 0 unspecified atom stereocenters. The van der Waals surface area contributed by atoms with Crippen LogP contribution in [0.1, 0.15) is 74.1 Å². The van der Waals surface area contributed by atoms with E-state index >= 15 is 0 Å². The number of aromatic nitrogens is 1.